The lowest BCUT2D eigenvalue weighted by Gasteiger charge is -2.27. The minimum atomic E-state index is -1.47. The summed E-state index contributed by atoms with van der Waals surface area (Å²) in [5, 5.41) is 9.02. The second-order valence-electron chi connectivity index (χ2n) is 4.71. The van der Waals surface area contributed by atoms with E-state index in [4.69, 9.17) is 5.11 Å². The molecule has 6 heteroatoms. The van der Waals surface area contributed by atoms with Crippen molar-refractivity contribution in [1.29, 1.82) is 0 Å². The maximum Gasteiger partial charge on any atom is 0.336 e. The van der Waals surface area contributed by atoms with Crippen molar-refractivity contribution >= 4 is 11.9 Å². The third-order valence-corrected chi connectivity index (χ3v) is 2.87. The van der Waals surface area contributed by atoms with Gasteiger partial charge in [-0.05, 0) is 32.4 Å². The van der Waals surface area contributed by atoms with Crippen molar-refractivity contribution in [3.05, 3.63) is 34.9 Å². The number of carbonyl (C=O) groups excluding carboxylic acids is 1. The quantitative estimate of drug-likeness (QED) is 0.905. The van der Waals surface area contributed by atoms with Gasteiger partial charge in [-0.25, -0.2) is 13.6 Å². The first-order chi connectivity index (χ1) is 9.29. The van der Waals surface area contributed by atoms with Crippen LogP contribution in [0, 0.1) is 11.6 Å². The van der Waals surface area contributed by atoms with Crippen LogP contribution in [0.1, 0.15) is 47.9 Å². The van der Waals surface area contributed by atoms with Crippen molar-refractivity contribution in [3.8, 4) is 0 Å². The van der Waals surface area contributed by atoms with Crippen LogP contribution in [-0.4, -0.2) is 34.5 Å². The molecule has 0 spiro atoms. The zero-order chi connectivity index (χ0) is 15.4. The van der Waals surface area contributed by atoms with Crippen molar-refractivity contribution in [2.24, 2.45) is 0 Å². The number of carbonyl (C=O) groups is 2. The van der Waals surface area contributed by atoms with Gasteiger partial charge < -0.3 is 10.0 Å². The van der Waals surface area contributed by atoms with E-state index in [1.807, 2.05) is 6.92 Å². The molecule has 0 atom stereocenters. The van der Waals surface area contributed by atoms with Crippen LogP contribution in [0.25, 0.3) is 0 Å². The molecule has 1 N–H and O–H groups in total. The first-order valence-corrected chi connectivity index (χ1v) is 6.32. The van der Waals surface area contributed by atoms with Crippen LogP contribution < -0.4 is 0 Å². The average molecular weight is 285 g/mol. The summed E-state index contributed by atoms with van der Waals surface area (Å²) < 4.78 is 26.4. The lowest BCUT2D eigenvalue weighted by atomic mass is 10.0. The van der Waals surface area contributed by atoms with Crippen LogP contribution in [0.15, 0.2) is 12.1 Å². The van der Waals surface area contributed by atoms with Crippen molar-refractivity contribution in [2.45, 2.75) is 33.2 Å². The maximum atomic E-state index is 13.3. The lowest BCUT2D eigenvalue weighted by molar-refractivity contribution is 0.0657. The summed E-state index contributed by atoms with van der Waals surface area (Å²) in [5.41, 5.74) is -0.866. The van der Waals surface area contributed by atoms with E-state index in [1.54, 1.807) is 13.8 Å². The highest BCUT2D eigenvalue weighted by molar-refractivity contribution is 6.04. The van der Waals surface area contributed by atoms with Crippen LogP contribution in [0.3, 0.4) is 0 Å². The molecule has 0 aromatic heterocycles. The monoisotopic (exact) mass is 285 g/mol. The largest absolute Gasteiger partial charge is 0.478 e. The van der Waals surface area contributed by atoms with Gasteiger partial charge in [0.05, 0.1) is 11.1 Å². The normalized spacial score (nSPS) is 10.7. The number of aromatic carboxylic acids is 1. The highest BCUT2D eigenvalue weighted by Crippen LogP contribution is 2.18. The molecule has 1 aromatic carbocycles. The predicted molar refractivity (Wildman–Crippen MR) is 69.8 cm³/mol. The molecule has 0 aliphatic carbocycles. The van der Waals surface area contributed by atoms with Crippen LogP contribution >= 0.6 is 0 Å². The molecule has 1 amide bonds. The predicted octanol–water partition coefficient (Wildman–Crippen LogP) is 2.92. The van der Waals surface area contributed by atoms with E-state index >= 15 is 0 Å². The standard InChI is InChI=1S/C14H17F2NO3/c1-4-5-17(8(2)3)13(18)9-6-11(15)12(16)7-10(9)14(19)20/h6-8H,4-5H2,1-3H3,(H,19,20). The molecule has 0 unspecified atom stereocenters. The summed E-state index contributed by atoms with van der Waals surface area (Å²) in [5.74, 6) is -4.60. The third kappa shape index (κ3) is 3.31. The van der Waals surface area contributed by atoms with Crippen LogP contribution in [0.5, 0.6) is 0 Å². The Morgan fingerprint density at radius 2 is 1.70 bits per heavy atom. The van der Waals surface area contributed by atoms with E-state index in [0.717, 1.165) is 0 Å². The molecular formula is C14H17F2NO3. The molecule has 0 bridgehead atoms. The Morgan fingerprint density at radius 1 is 1.20 bits per heavy atom. The molecule has 0 fully saturated rings. The van der Waals surface area contributed by atoms with Crippen molar-refractivity contribution in [3.63, 3.8) is 0 Å². The molecular weight excluding hydrogens is 268 g/mol. The number of benzene rings is 1. The molecule has 20 heavy (non-hydrogen) atoms. The summed E-state index contributed by atoms with van der Waals surface area (Å²) in [6.07, 6.45) is 0.677. The Bertz CT molecular complexity index is 529. The van der Waals surface area contributed by atoms with E-state index in [0.29, 0.717) is 25.1 Å². The van der Waals surface area contributed by atoms with Crippen molar-refractivity contribution in [1.82, 2.24) is 4.90 Å². The van der Waals surface area contributed by atoms with Gasteiger partial charge in [0, 0.05) is 12.6 Å². The van der Waals surface area contributed by atoms with Gasteiger partial charge in [0.15, 0.2) is 11.6 Å². The number of carboxylic acids is 1. The van der Waals surface area contributed by atoms with E-state index in [2.05, 4.69) is 0 Å². The zero-order valence-electron chi connectivity index (χ0n) is 11.6. The van der Waals surface area contributed by atoms with Gasteiger partial charge in [-0.3, -0.25) is 4.79 Å². The summed E-state index contributed by atoms with van der Waals surface area (Å²) >= 11 is 0. The van der Waals surface area contributed by atoms with Gasteiger partial charge in [0.1, 0.15) is 0 Å². The fraction of sp³-hybridized carbons (Fsp3) is 0.429. The number of nitrogens with zero attached hydrogens (tertiary/aromatic N) is 1. The minimum absolute atomic E-state index is 0.169. The number of rotatable bonds is 5. The fourth-order valence-electron chi connectivity index (χ4n) is 1.89. The zero-order valence-corrected chi connectivity index (χ0v) is 11.6. The molecule has 0 radical (unpaired) electrons. The number of amides is 1. The number of halogens is 2. The molecule has 4 nitrogen and oxygen atoms in total. The lowest BCUT2D eigenvalue weighted by Crippen LogP contribution is -2.38. The third-order valence-electron chi connectivity index (χ3n) is 2.87. The SMILES string of the molecule is CCCN(C(=O)c1cc(F)c(F)cc1C(=O)O)C(C)C. The first kappa shape index (κ1) is 16.1. The van der Waals surface area contributed by atoms with Gasteiger partial charge in [-0.15, -0.1) is 0 Å². The van der Waals surface area contributed by atoms with Crippen LogP contribution in [0.4, 0.5) is 8.78 Å². The Morgan fingerprint density at radius 3 is 2.10 bits per heavy atom. The van der Waals surface area contributed by atoms with Crippen molar-refractivity contribution in [2.75, 3.05) is 6.54 Å². The van der Waals surface area contributed by atoms with Gasteiger partial charge in [0.25, 0.3) is 5.91 Å². The topological polar surface area (TPSA) is 57.6 Å². The number of hydrogen-bond donors (Lipinski definition) is 1. The van der Waals surface area contributed by atoms with Crippen LogP contribution in [-0.2, 0) is 0 Å². The maximum absolute atomic E-state index is 13.3. The van der Waals surface area contributed by atoms with Gasteiger partial charge >= 0.3 is 5.97 Å². The second kappa shape index (κ2) is 6.45. The van der Waals surface area contributed by atoms with Gasteiger partial charge in [-0.1, -0.05) is 6.92 Å². The molecule has 1 rings (SSSR count). The molecule has 110 valence electrons. The molecule has 0 heterocycles. The van der Waals surface area contributed by atoms with Crippen molar-refractivity contribution < 1.29 is 23.5 Å². The average Bonchev–Trinajstić information content (AvgIpc) is 2.37. The summed E-state index contributed by atoms with van der Waals surface area (Å²) in [6, 6.07) is 1.01. The highest BCUT2D eigenvalue weighted by atomic mass is 19.2. The Labute approximate surface area is 116 Å². The molecule has 0 saturated carbocycles. The van der Waals surface area contributed by atoms with Gasteiger partial charge in [-0.2, -0.15) is 0 Å². The van der Waals surface area contributed by atoms with E-state index in [1.165, 1.54) is 4.90 Å². The Balaban J connectivity index is 3.33. The Kier molecular flexibility index (Phi) is 5.19. The second-order valence-corrected chi connectivity index (χ2v) is 4.71. The highest BCUT2D eigenvalue weighted by Gasteiger charge is 2.25. The minimum Gasteiger partial charge on any atom is -0.478 e. The first-order valence-electron chi connectivity index (χ1n) is 6.32. The smallest absolute Gasteiger partial charge is 0.336 e. The van der Waals surface area contributed by atoms with E-state index in [9.17, 15) is 18.4 Å². The van der Waals surface area contributed by atoms with Crippen LogP contribution in [0.2, 0.25) is 0 Å². The fourth-order valence-corrected chi connectivity index (χ4v) is 1.89. The summed E-state index contributed by atoms with van der Waals surface area (Å²) in [6.45, 7) is 5.82. The van der Waals surface area contributed by atoms with E-state index < -0.39 is 29.1 Å². The molecule has 0 saturated heterocycles. The summed E-state index contributed by atoms with van der Waals surface area (Å²) in [4.78, 5) is 24.8. The summed E-state index contributed by atoms with van der Waals surface area (Å²) in [7, 11) is 0. The molecule has 1 aromatic rings. The van der Waals surface area contributed by atoms with E-state index in [-0.39, 0.29) is 11.6 Å². The number of carboxylic acid groups (broad SMARTS) is 1. The molecule has 0 aliphatic rings. The number of hydrogen-bond acceptors (Lipinski definition) is 2. The Hall–Kier alpha value is -1.98. The van der Waals surface area contributed by atoms with Gasteiger partial charge in [0.2, 0.25) is 0 Å². The molecule has 0 aliphatic heterocycles.